The molecule has 0 saturated heterocycles. The number of hydrogen-bond donors (Lipinski definition) is 3. The molecule has 1 aromatic rings. The van der Waals surface area contributed by atoms with E-state index in [1.807, 2.05) is 18.2 Å². The van der Waals surface area contributed by atoms with E-state index in [0.717, 1.165) is 24.9 Å². The summed E-state index contributed by atoms with van der Waals surface area (Å²) in [6.07, 6.45) is 3.01. The van der Waals surface area contributed by atoms with Crippen LogP contribution in [0.3, 0.4) is 0 Å². The Kier molecular flexibility index (Phi) is 7.29. The molecule has 0 heterocycles. The Morgan fingerprint density at radius 2 is 1.95 bits per heavy atom. The predicted molar refractivity (Wildman–Crippen MR) is 85.2 cm³/mol. The largest absolute Gasteiger partial charge is 0.352 e. The van der Waals surface area contributed by atoms with E-state index in [1.54, 1.807) is 0 Å². The SMILES string of the molecule is CC(C)c1cccc(NC(=O)CCCCCNC(N)=O)c1. The maximum Gasteiger partial charge on any atom is 0.312 e. The number of carbonyl (C=O) groups excluding carboxylic acids is 2. The van der Waals surface area contributed by atoms with Gasteiger partial charge in [0, 0.05) is 18.7 Å². The van der Waals surface area contributed by atoms with Gasteiger partial charge in [0.15, 0.2) is 0 Å². The molecule has 0 aliphatic rings. The van der Waals surface area contributed by atoms with Gasteiger partial charge in [0.05, 0.1) is 0 Å². The molecule has 0 atom stereocenters. The molecule has 0 saturated carbocycles. The smallest absolute Gasteiger partial charge is 0.312 e. The molecule has 3 amide bonds. The summed E-state index contributed by atoms with van der Waals surface area (Å²) in [6, 6.07) is 7.43. The van der Waals surface area contributed by atoms with Gasteiger partial charge < -0.3 is 16.4 Å². The molecule has 5 nitrogen and oxygen atoms in total. The van der Waals surface area contributed by atoms with Gasteiger partial charge in [0.2, 0.25) is 5.91 Å². The van der Waals surface area contributed by atoms with E-state index in [2.05, 4.69) is 30.5 Å². The summed E-state index contributed by atoms with van der Waals surface area (Å²) >= 11 is 0. The summed E-state index contributed by atoms with van der Waals surface area (Å²) in [6.45, 7) is 4.81. The van der Waals surface area contributed by atoms with Crippen LogP contribution < -0.4 is 16.4 Å². The second-order valence-electron chi connectivity index (χ2n) is 5.43. The standard InChI is InChI=1S/C16H25N3O2/c1-12(2)13-7-6-8-14(11-13)19-15(20)9-4-3-5-10-18-16(17)21/h6-8,11-12H,3-5,9-10H2,1-2H3,(H,19,20)(H3,17,18,21). The third-order valence-corrected chi connectivity index (χ3v) is 3.22. The second-order valence-corrected chi connectivity index (χ2v) is 5.43. The van der Waals surface area contributed by atoms with Gasteiger partial charge >= 0.3 is 6.03 Å². The van der Waals surface area contributed by atoms with Crippen molar-refractivity contribution in [1.29, 1.82) is 0 Å². The van der Waals surface area contributed by atoms with Crippen molar-refractivity contribution >= 4 is 17.6 Å². The lowest BCUT2D eigenvalue weighted by Crippen LogP contribution is -2.29. The van der Waals surface area contributed by atoms with E-state index >= 15 is 0 Å². The fraction of sp³-hybridized carbons (Fsp3) is 0.500. The summed E-state index contributed by atoms with van der Waals surface area (Å²) in [4.78, 5) is 22.3. The highest BCUT2D eigenvalue weighted by Gasteiger charge is 2.04. The van der Waals surface area contributed by atoms with E-state index in [0.29, 0.717) is 18.9 Å². The molecule has 4 N–H and O–H groups in total. The molecule has 0 unspecified atom stereocenters. The van der Waals surface area contributed by atoms with Gasteiger partial charge in [-0.2, -0.15) is 0 Å². The summed E-state index contributed by atoms with van der Waals surface area (Å²) in [5, 5.41) is 5.45. The monoisotopic (exact) mass is 291 g/mol. The lowest BCUT2D eigenvalue weighted by molar-refractivity contribution is -0.116. The van der Waals surface area contributed by atoms with Crippen molar-refractivity contribution in [3.05, 3.63) is 29.8 Å². The fourth-order valence-corrected chi connectivity index (χ4v) is 2.00. The summed E-state index contributed by atoms with van der Waals surface area (Å²) in [5.74, 6) is 0.471. The first-order valence-electron chi connectivity index (χ1n) is 7.42. The van der Waals surface area contributed by atoms with Crippen LogP contribution in [0.5, 0.6) is 0 Å². The molecule has 0 radical (unpaired) electrons. The number of anilines is 1. The Morgan fingerprint density at radius 3 is 2.62 bits per heavy atom. The Hall–Kier alpha value is -2.04. The predicted octanol–water partition coefficient (Wildman–Crippen LogP) is 2.98. The van der Waals surface area contributed by atoms with Crippen LogP contribution in [0.1, 0.15) is 51.0 Å². The van der Waals surface area contributed by atoms with Gasteiger partial charge in [-0.15, -0.1) is 0 Å². The van der Waals surface area contributed by atoms with Gasteiger partial charge in [-0.25, -0.2) is 4.79 Å². The van der Waals surface area contributed by atoms with Gasteiger partial charge in [-0.3, -0.25) is 4.79 Å². The number of rotatable bonds is 8. The van der Waals surface area contributed by atoms with E-state index < -0.39 is 6.03 Å². The number of amides is 3. The van der Waals surface area contributed by atoms with E-state index in [9.17, 15) is 9.59 Å². The van der Waals surface area contributed by atoms with Crippen molar-refractivity contribution in [1.82, 2.24) is 5.32 Å². The summed E-state index contributed by atoms with van der Waals surface area (Å²) < 4.78 is 0. The van der Waals surface area contributed by atoms with E-state index in [1.165, 1.54) is 5.56 Å². The highest BCUT2D eigenvalue weighted by atomic mass is 16.2. The van der Waals surface area contributed by atoms with Crippen molar-refractivity contribution in [2.45, 2.75) is 45.4 Å². The number of hydrogen-bond acceptors (Lipinski definition) is 2. The zero-order chi connectivity index (χ0) is 15.7. The minimum Gasteiger partial charge on any atom is -0.352 e. The van der Waals surface area contributed by atoms with Crippen LogP contribution in [0.4, 0.5) is 10.5 Å². The van der Waals surface area contributed by atoms with E-state index in [-0.39, 0.29) is 5.91 Å². The number of nitrogens with one attached hydrogen (secondary N) is 2. The number of urea groups is 1. The minimum atomic E-state index is -0.502. The normalized spacial score (nSPS) is 10.4. The van der Waals surface area contributed by atoms with Crippen LogP contribution >= 0.6 is 0 Å². The maximum absolute atomic E-state index is 11.8. The molecule has 0 bridgehead atoms. The average Bonchev–Trinajstić information content (AvgIpc) is 2.42. The lowest BCUT2D eigenvalue weighted by atomic mass is 10.0. The topological polar surface area (TPSA) is 84.2 Å². The van der Waals surface area contributed by atoms with Crippen LogP contribution in [0, 0.1) is 0 Å². The Labute approximate surface area is 126 Å². The Morgan fingerprint density at radius 1 is 1.19 bits per heavy atom. The molecule has 0 aliphatic carbocycles. The number of benzene rings is 1. The summed E-state index contributed by atoms with van der Waals surface area (Å²) in [5.41, 5.74) is 7.02. The third-order valence-electron chi connectivity index (χ3n) is 3.22. The first kappa shape index (κ1) is 17.0. The first-order valence-corrected chi connectivity index (χ1v) is 7.42. The van der Waals surface area contributed by atoms with Crippen LogP contribution in [0.15, 0.2) is 24.3 Å². The number of nitrogens with two attached hydrogens (primary N) is 1. The number of unbranched alkanes of at least 4 members (excludes halogenated alkanes) is 2. The van der Waals surface area contributed by atoms with Crippen LogP contribution in [-0.2, 0) is 4.79 Å². The zero-order valence-corrected chi connectivity index (χ0v) is 12.8. The van der Waals surface area contributed by atoms with Crippen LogP contribution in [0.25, 0.3) is 0 Å². The first-order chi connectivity index (χ1) is 9.99. The molecule has 5 heteroatoms. The third kappa shape index (κ3) is 7.34. The average molecular weight is 291 g/mol. The molecule has 0 aliphatic heterocycles. The molecule has 116 valence electrons. The molecule has 0 aromatic heterocycles. The van der Waals surface area contributed by atoms with Gasteiger partial charge in [-0.1, -0.05) is 32.4 Å². The van der Waals surface area contributed by atoms with Crippen molar-refractivity contribution in [2.24, 2.45) is 5.73 Å². The van der Waals surface area contributed by atoms with Gasteiger partial charge in [-0.05, 0) is 36.5 Å². The van der Waals surface area contributed by atoms with Crippen molar-refractivity contribution < 1.29 is 9.59 Å². The Balaban J connectivity index is 2.24. The molecular formula is C16H25N3O2. The lowest BCUT2D eigenvalue weighted by Gasteiger charge is -2.09. The van der Waals surface area contributed by atoms with Crippen LogP contribution in [-0.4, -0.2) is 18.5 Å². The molecule has 0 fully saturated rings. The molecule has 1 aromatic carbocycles. The zero-order valence-electron chi connectivity index (χ0n) is 12.8. The van der Waals surface area contributed by atoms with Crippen molar-refractivity contribution in [3.63, 3.8) is 0 Å². The van der Waals surface area contributed by atoms with Crippen molar-refractivity contribution in [2.75, 3.05) is 11.9 Å². The minimum absolute atomic E-state index is 0.0266. The second kappa shape index (κ2) is 9.00. The van der Waals surface area contributed by atoms with Crippen LogP contribution in [0.2, 0.25) is 0 Å². The maximum atomic E-state index is 11.8. The molecular weight excluding hydrogens is 266 g/mol. The molecule has 1 rings (SSSR count). The highest BCUT2D eigenvalue weighted by Crippen LogP contribution is 2.18. The Bertz CT molecular complexity index is 472. The number of carbonyl (C=O) groups is 2. The molecule has 21 heavy (non-hydrogen) atoms. The number of primary amides is 1. The van der Waals surface area contributed by atoms with Gasteiger partial charge in [0.1, 0.15) is 0 Å². The van der Waals surface area contributed by atoms with E-state index in [4.69, 9.17) is 5.73 Å². The van der Waals surface area contributed by atoms with Crippen molar-refractivity contribution in [3.8, 4) is 0 Å². The summed E-state index contributed by atoms with van der Waals surface area (Å²) in [7, 11) is 0. The fourth-order valence-electron chi connectivity index (χ4n) is 2.00. The quantitative estimate of drug-likeness (QED) is 0.643. The van der Waals surface area contributed by atoms with Gasteiger partial charge in [0.25, 0.3) is 0 Å². The highest BCUT2D eigenvalue weighted by molar-refractivity contribution is 5.90. The molecule has 0 spiro atoms.